The predicted molar refractivity (Wildman–Crippen MR) is 80.8 cm³/mol. The number of likely N-dealkylation sites (N-methyl/N-ethyl adjacent to an activating group) is 1. The van der Waals surface area contributed by atoms with E-state index in [4.69, 9.17) is 4.98 Å². The Hall–Kier alpha value is -0.870. The van der Waals surface area contributed by atoms with Gasteiger partial charge in [-0.15, -0.1) is 11.3 Å². The van der Waals surface area contributed by atoms with Crippen LogP contribution in [-0.2, 0) is 6.42 Å². The minimum absolute atomic E-state index is 0.586. The van der Waals surface area contributed by atoms with E-state index in [-0.39, 0.29) is 0 Å². The molecular formula is C15H23N3S. The molecule has 1 aliphatic rings. The average Bonchev–Trinajstić information content (AvgIpc) is 2.87. The van der Waals surface area contributed by atoms with Crippen LogP contribution in [0.2, 0.25) is 0 Å². The summed E-state index contributed by atoms with van der Waals surface area (Å²) in [7, 11) is 2.11. The van der Waals surface area contributed by atoms with Gasteiger partial charge in [-0.2, -0.15) is 0 Å². The third-order valence-corrected chi connectivity index (χ3v) is 5.18. The van der Waals surface area contributed by atoms with E-state index < -0.39 is 0 Å². The Bertz CT molecular complexity index is 480. The highest BCUT2D eigenvalue weighted by molar-refractivity contribution is 7.15. The maximum absolute atomic E-state index is 4.72. The molecule has 3 nitrogen and oxygen atoms in total. The molecule has 1 N–H and O–H groups in total. The molecule has 1 fully saturated rings. The van der Waals surface area contributed by atoms with Gasteiger partial charge in [0, 0.05) is 30.2 Å². The van der Waals surface area contributed by atoms with Gasteiger partial charge in [0.2, 0.25) is 0 Å². The third kappa shape index (κ3) is 3.00. The number of nitrogens with zero attached hydrogens (tertiary/aromatic N) is 2. The van der Waals surface area contributed by atoms with E-state index in [0.29, 0.717) is 6.04 Å². The fraction of sp³-hybridized carbons (Fsp3) is 0.667. The number of hydrogen-bond donors (Lipinski definition) is 1. The molecule has 104 valence electrons. The van der Waals surface area contributed by atoms with Gasteiger partial charge in [-0.25, -0.2) is 4.98 Å². The van der Waals surface area contributed by atoms with E-state index in [9.17, 15) is 0 Å². The van der Waals surface area contributed by atoms with Crippen molar-refractivity contribution in [3.05, 3.63) is 23.5 Å². The van der Waals surface area contributed by atoms with Crippen molar-refractivity contribution in [2.75, 3.05) is 7.05 Å². The Kier molecular flexibility index (Phi) is 4.18. The number of thiazole rings is 1. The summed E-state index contributed by atoms with van der Waals surface area (Å²) in [5, 5.41) is 5.63. The second kappa shape index (κ2) is 6.06. The number of nitrogens with one attached hydrogen (secondary N) is 1. The lowest BCUT2D eigenvalue weighted by atomic mass is 9.89. The molecule has 2 aromatic rings. The molecule has 2 heterocycles. The van der Waals surface area contributed by atoms with E-state index in [1.807, 2.05) is 0 Å². The van der Waals surface area contributed by atoms with Gasteiger partial charge in [-0.05, 0) is 25.8 Å². The first-order valence-electron chi connectivity index (χ1n) is 7.45. The molecule has 0 amide bonds. The molecule has 1 atom stereocenters. The molecule has 0 aliphatic heterocycles. The summed E-state index contributed by atoms with van der Waals surface area (Å²) in [6.45, 7) is 0. The van der Waals surface area contributed by atoms with Gasteiger partial charge in [0.25, 0.3) is 0 Å². The van der Waals surface area contributed by atoms with Crippen LogP contribution in [0.15, 0.2) is 17.8 Å². The van der Waals surface area contributed by atoms with Crippen LogP contribution in [0.5, 0.6) is 0 Å². The smallest absolute Gasteiger partial charge is 0.193 e. The Labute approximate surface area is 119 Å². The lowest BCUT2D eigenvalue weighted by molar-refractivity contribution is 0.331. The molecule has 3 rings (SSSR count). The van der Waals surface area contributed by atoms with Crippen molar-refractivity contribution < 1.29 is 0 Å². The third-order valence-electron chi connectivity index (χ3n) is 4.41. The van der Waals surface area contributed by atoms with Gasteiger partial charge in [-0.1, -0.05) is 25.7 Å². The summed E-state index contributed by atoms with van der Waals surface area (Å²) in [6, 6.07) is 0.586. The fourth-order valence-corrected chi connectivity index (χ4v) is 4.04. The van der Waals surface area contributed by atoms with E-state index in [2.05, 4.69) is 34.5 Å². The maximum atomic E-state index is 4.72. The molecule has 1 saturated carbocycles. The molecule has 0 spiro atoms. The van der Waals surface area contributed by atoms with Crippen LogP contribution in [0.3, 0.4) is 0 Å². The second-order valence-corrected chi connectivity index (χ2v) is 6.55. The summed E-state index contributed by atoms with van der Waals surface area (Å²) < 4.78 is 2.14. The minimum atomic E-state index is 0.586. The van der Waals surface area contributed by atoms with Crippen LogP contribution in [0.4, 0.5) is 0 Å². The van der Waals surface area contributed by atoms with Crippen molar-refractivity contribution in [2.24, 2.45) is 5.92 Å². The molecule has 0 saturated heterocycles. The summed E-state index contributed by atoms with van der Waals surface area (Å²) >= 11 is 1.71. The van der Waals surface area contributed by atoms with Gasteiger partial charge >= 0.3 is 0 Å². The maximum Gasteiger partial charge on any atom is 0.193 e. The van der Waals surface area contributed by atoms with E-state index in [1.165, 1.54) is 44.2 Å². The van der Waals surface area contributed by atoms with Crippen LogP contribution in [0, 0.1) is 5.92 Å². The molecule has 4 heteroatoms. The fourth-order valence-electron chi connectivity index (χ4n) is 3.32. The van der Waals surface area contributed by atoms with Crippen molar-refractivity contribution in [1.82, 2.24) is 14.7 Å². The van der Waals surface area contributed by atoms with E-state index in [0.717, 1.165) is 17.3 Å². The summed E-state index contributed by atoms with van der Waals surface area (Å²) in [5.74, 6) is 0.826. The largest absolute Gasteiger partial charge is 0.316 e. The van der Waals surface area contributed by atoms with Crippen LogP contribution in [0.1, 0.15) is 44.2 Å². The molecule has 2 aromatic heterocycles. The highest BCUT2D eigenvalue weighted by Gasteiger charge is 2.22. The molecular weight excluding hydrogens is 254 g/mol. The normalized spacial score (nSPS) is 19.6. The molecule has 0 aromatic carbocycles. The number of fused-ring (bicyclic) bond motifs is 1. The van der Waals surface area contributed by atoms with Crippen molar-refractivity contribution in [3.63, 3.8) is 0 Å². The first-order valence-corrected chi connectivity index (χ1v) is 8.33. The van der Waals surface area contributed by atoms with Crippen LogP contribution < -0.4 is 5.32 Å². The van der Waals surface area contributed by atoms with Crippen molar-refractivity contribution in [3.8, 4) is 0 Å². The van der Waals surface area contributed by atoms with Crippen LogP contribution >= 0.6 is 11.3 Å². The zero-order chi connectivity index (χ0) is 13.1. The number of imidazole rings is 1. The summed E-state index contributed by atoms with van der Waals surface area (Å²) in [4.78, 5) is 5.84. The zero-order valence-electron chi connectivity index (χ0n) is 11.6. The van der Waals surface area contributed by atoms with E-state index in [1.54, 1.807) is 11.3 Å². The number of hydrogen-bond acceptors (Lipinski definition) is 3. The monoisotopic (exact) mass is 277 g/mol. The molecule has 1 unspecified atom stereocenters. The van der Waals surface area contributed by atoms with Gasteiger partial charge in [0.05, 0.1) is 5.69 Å². The van der Waals surface area contributed by atoms with E-state index >= 15 is 0 Å². The zero-order valence-corrected chi connectivity index (χ0v) is 12.5. The molecule has 1 aliphatic carbocycles. The Morgan fingerprint density at radius 1 is 1.37 bits per heavy atom. The lowest BCUT2D eigenvalue weighted by Gasteiger charge is -2.25. The minimum Gasteiger partial charge on any atom is -0.316 e. The van der Waals surface area contributed by atoms with Crippen molar-refractivity contribution in [1.29, 1.82) is 0 Å². The second-order valence-electron chi connectivity index (χ2n) is 5.68. The first-order chi connectivity index (χ1) is 9.36. The lowest BCUT2D eigenvalue weighted by Crippen LogP contribution is -2.35. The molecule has 19 heavy (non-hydrogen) atoms. The average molecular weight is 277 g/mol. The Morgan fingerprint density at radius 3 is 2.84 bits per heavy atom. The Morgan fingerprint density at radius 2 is 2.16 bits per heavy atom. The van der Waals surface area contributed by atoms with Gasteiger partial charge in [0.1, 0.15) is 0 Å². The molecule has 0 bridgehead atoms. The summed E-state index contributed by atoms with van der Waals surface area (Å²) in [5.41, 5.74) is 1.23. The number of rotatable bonds is 4. The van der Waals surface area contributed by atoms with Crippen LogP contribution in [0.25, 0.3) is 4.96 Å². The highest BCUT2D eigenvalue weighted by atomic mass is 32.1. The quantitative estimate of drug-likeness (QED) is 0.867. The highest BCUT2D eigenvalue weighted by Crippen LogP contribution is 2.27. The Balaban J connectivity index is 1.69. The van der Waals surface area contributed by atoms with Gasteiger partial charge < -0.3 is 5.32 Å². The standard InChI is InChI=1S/C15H23N3S/c1-16-14(12-6-4-2-3-5-7-12)10-13-11-18-8-9-19-15(18)17-13/h8-9,11-12,14,16H,2-7,10H2,1H3. The van der Waals surface area contributed by atoms with Gasteiger partial charge in [-0.3, -0.25) is 4.40 Å². The molecule has 0 radical (unpaired) electrons. The van der Waals surface area contributed by atoms with Crippen molar-refractivity contribution >= 4 is 16.3 Å². The number of aromatic nitrogens is 2. The topological polar surface area (TPSA) is 29.3 Å². The van der Waals surface area contributed by atoms with Gasteiger partial charge in [0.15, 0.2) is 4.96 Å². The summed E-state index contributed by atoms with van der Waals surface area (Å²) in [6.07, 6.45) is 13.8. The van der Waals surface area contributed by atoms with Crippen molar-refractivity contribution in [2.45, 2.75) is 51.0 Å². The first kappa shape index (κ1) is 13.1. The van der Waals surface area contributed by atoms with Crippen LogP contribution in [-0.4, -0.2) is 22.5 Å². The predicted octanol–water partition coefficient (Wildman–Crippen LogP) is 3.50. The SMILES string of the molecule is CNC(Cc1cn2ccsc2n1)C1CCCCCC1.